The second-order valence-electron chi connectivity index (χ2n) is 3.56. The summed E-state index contributed by atoms with van der Waals surface area (Å²) in [6.07, 6.45) is 1.82. The summed E-state index contributed by atoms with van der Waals surface area (Å²) in [5.41, 5.74) is 0.0296. The summed E-state index contributed by atoms with van der Waals surface area (Å²) < 4.78 is 1.39. The van der Waals surface area contributed by atoms with Gasteiger partial charge >= 0.3 is 6.03 Å². The highest BCUT2D eigenvalue weighted by atomic mass is 16.2. The third-order valence-electron chi connectivity index (χ3n) is 2.45. The summed E-state index contributed by atoms with van der Waals surface area (Å²) in [7, 11) is 1.61. The fourth-order valence-electron chi connectivity index (χ4n) is 1.58. The molecular weight excluding hydrogens is 210 g/mol. The SMILES string of the molecule is Cn1cccc(N2CCC(=O)NC2=O)c1=O. The maximum Gasteiger partial charge on any atom is 0.328 e. The predicted octanol–water partition coefficient (Wildman–Crippen LogP) is -0.168. The molecule has 0 radical (unpaired) electrons. The summed E-state index contributed by atoms with van der Waals surface area (Å²) in [4.78, 5) is 35.5. The Kier molecular flexibility index (Phi) is 2.47. The number of hydrogen-bond donors (Lipinski definition) is 1. The Morgan fingerprint density at radius 1 is 1.31 bits per heavy atom. The normalized spacial score (nSPS) is 16.2. The van der Waals surface area contributed by atoms with E-state index in [1.165, 1.54) is 9.47 Å². The van der Waals surface area contributed by atoms with Gasteiger partial charge in [0.1, 0.15) is 5.69 Å². The van der Waals surface area contributed by atoms with Crippen molar-refractivity contribution < 1.29 is 9.59 Å². The van der Waals surface area contributed by atoms with Crippen LogP contribution in [0.2, 0.25) is 0 Å². The largest absolute Gasteiger partial charge is 0.328 e. The molecule has 1 aliphatic heterocycles. The number of rotatable bonds is 1. The summed E-state index contributed by atoms with van der Waals surface area (Å²) in [6.45, 7) is 0.240. The number of imide groups is 1. The van der Waals surface area contributed by atoms with Crippen LogP contribution in [0.4, 0.5) is 10.5 Å². The Morgan fingerprint density at radius 2 is 2.06 bits per heavy atom. The Balaban J connectivity index is 2.38. The average Bonchev–Trinajstić information content (AvgIpc) is 2.23. The highest BCUT2D eigenvalue weighted by Gasteiger charge is 2.25. The van der Waals surface area contributed by atoms with E-state index in [1.54, 1.807) is 25.4 Å². The van der Waals surface area contributed by atoms with Gasteiger partial charge in [0.15, 0.2) is 0 Å². The molecule has 1 saturated heterocycles. The van der Waals surface area contributed by atoms with Crippen molar-refractivity contribution in [3.05, 3.63) is 28.7 Å². The van der Waals surface area contributed by atoms with Crippen molar-refractivity contribution >= 4 is 17.6 Å². The first-order chi connectivity index (χ1) is 7.59. The lowest BCUT2D eigenvalue weighted by molar-refractivity contribution is -0.120. The van der Waals surface area contributed by atoms with E-state index in [4.69, 9.17) is 0 Å². The van der Waals surface area contributed by atoms with E-state index in [-0.39, 0.29) is 30.1 Å². The molecule has 0 saturated carbocycles. The Bertz CT molecular complexity index is 506. The molecule has 0 unspecified atom stereocenters. The van der Waals surface area contributed by atoms with E-state index in [9.17, 15) is 14.4 Å². The number of nitrogens with one attached hydrogen (secondary N) is 1. The molecule has 0 atom stereocenters. The molecule has 84 valence electrons. The van der Waals surface area contributed by atoms with Crippen LogP contribution in [-0.2, 0) is 11.8 Å². The lowest BCUT2D eigenvalue weighted by Crippen LogP contribution is -2.51. The van der Waals surface area contributed by atoms with E-state index in [1.807, 2.05) is 0 Å². The third-order valence-corrected chi connectivity index (χ3v) is 2.45. The van der Waals surface area contributed by atoms with Crippen LogP contribution in [-0.4, -0.2) is 23.1 Å². The van der Waals surface area contributed by atoms with Gasteiger partial charge in [-0.15, -0.1) is 0 Å². The number of pyridine rings is 1. The number of carbonyl (C=O) groups is 2. The fraction of sp³-hybridized carbons (Fsp3) is 0.300. The molecule has 0 aliphatic carbocycles. The van der Waals surface area contributed by atoms with Gasteiger partial charge in [-0.1, -0.05) is 0 Å². The second-order valence-corrected chi connectivity index (χ2v) is 3.56. The number of amides is 3. The van der Waals surface area contributed by atoms with Gasteiger partial charge in [-0.2, -0.15) is 0 Å². The molecule has 6 nitrogen and oxygen atoms in total. The molecule has 0 spiro atoms. The van der Waals surface area contributed by atoms with E-state index in [0.29, 0.717) is 0 Å². The van der Waals surface area contributed by atoms with E-state index < -0.39 is 6.03 Å². The Morgan fingerprint density at radius 3 is 2.75 bits per heavy atom. The topological polar surface area (TPSA) is 71.4 Å². The maximum absolute atomic E-state index is 11.8. The quantitative estimate of drug-likeness (QED) is 0.715. The molecule has 1 aromatic rings. The highest BCUT2D eigenvalue weighted by molar-refractivity contribution is 6.05. The molecule has 2 heterocycles. The van der Waals surface area contributed by atoms with Crippen LogP contribution in [0.1, 0.15) is 6.42 Å². The van der Waals surface area contributed by atoms with Gasteiger partial charge in [-0.25, -0.2) is 4.79 Å². The monoisotopic (exact) mass is 221 g/mol. The average molecular weight is 221 g/mol. The number of nitrogens with zero attached hydrogens (tertiary/aromatic N) is 2. The zero-order chi connectivity index (χ0) is 11.7. The van der Waals surface area contributed by atoms with Crippen molar-refractivity contribution in [1.82, 2.24) is 9.88 Å². The molecule has 0 bridgehead atoms. The van der Waals surface area contributed by atoms with Crippen LogP contribution >= 0.6 is 0 Å². The van der Waals surface area contributed by atoms with Gasteiger partial charge in [-0.3, -0.25) is 19.8 Å². The molecule has 1 N–H and O–H groups in total. The van der Waals surface area contributed by atoms with Gasteiger partial charge in [0, 0.05) is 26.2 Å². The van der Waals surface area contributed by atoms with Gasteiger partial charge < -0.3 is 4.57 Å². The van der Waals surface area contributed by atoms with Crippen molar-refractivity contribution in [3.8, 4) is 0 Å². The van der Waals surface area contributed by atoms with Crippen LogP contribution in [0.15, 0.2) is 23.1 Å². The molecule has 1 aliphatic rings. The van der Waals surface area contributed by atoms with Gasteiger partial charge in [0.25, 0.3) is 5.56 Å². The van der Waals surface area contributed by atoms with Crippen molar-refractivity contribution in [2.75, 3.05) is 11.4 Å². The molecular formula is C10H11N3O3. The molecule has 3 amide bonds. The Hall–Kier alpha value is -2.11. The van der Waals surface area contributed by atoms with E-state index in [2.05, 4.69) is 5.32 Å². The zero-order valence-corrected chi connectivity index (χ0v) is 8.77. The number of aryl methyl sites for hydroxylation is 1. The highest BCUT2D eigenvalue weighted by Crippen LogP contribution is 2.11. The van der Waals surface area contributed by atoms with Crippen molar-refractivity contribution in [2.24, 2.45) is 7.05 Å². The molecule has 2 rings (SSSR count). The number of anilines is 1. The van der Waals surface area contributed by atoms with Gasteiger partial charge in [0.2, 0.25) is 5.91 Å². The minimum absolute atomic E-state index is 0.212. The summed E-state index contributed by atoms with van der Waals surface area (Å²) in [6, 6.07) is 2.71. The van der Waals surface area contributed by atoms with Crippen molar-refractivity contribution in [1.29, 1.82) is 0 Å². The molecule has 1 aromatic heterocycles. The molecule has 0 aromatic carbocycles. The van der Waals surface area contributed by atoms with Gasteiger partial charge in [0.05, 0.1) is 0 Å². The minimum atomic E-state index is -0.542. The third kappa shape index (κ3) is 1.69. The maximum atomic E-state index is 11.8. The summed E-state index contributed by atoms with van der Waals surface area (Å²) in [5.74, 6) is -0.311. The lowest BCUT2D eigenvalue weighted by Gasteiger charge is -2.25. The van der Waals surface area contributed by atoms with Crippen LogP contribution in [0.5, 0.6) is 0 Å². The van der Waals surface area contributed by atoms with Crippen molar-refractivity contribution in [2.45, 2.75) is 6.42 Å². The number of hydrogen-bond acceptors (Lipinski definition) is 3. The van der Waals surface area contributed by atoms with Crippen LogP contribution < -0.4 is 15.8 Å². The van der Waals surface area contributed by atoms with Crippen LogP contribution in [0, 0.1) is 0 Å². The predicted molar refractivity (Wildman–Crippen MR) is 57.2 cm³/mol. The lowest BCUT2D eigenvalue weighted by atomic mass is 10.2. The molecule has 6 heteroatoms. The number of carbonyl (C=O) groups excluding carboxylic acids is 2. The summed E-state index contributed by atoms with van der Waals surface area (Å²) >= 11 is 0. The van der Waals surface area contributed by atoms with E-state index >= 15 is 0 Å². The molecule has 1 fully saturated rings. The van der Waals surface area contributed by atoms with Crippen LogP contribution in [0.25, 0.3) is 0 Å². The first kappa shape index (κ1) is 10.4. The number of urea groups is 1. The first-order valence-corrected chi connectivity index (χ1v) is 4.86. The fourth-order valence-corrected chi connectivity index (χ4v) is 1.58. The van der Waals surface area contributed by atoms with Crippen molar-refractivity contribution in [3.63, 3.8) is 0 Å². The zero-order valence-electron chi connectivity index (χ0n) is 8.77. The van der Waals surface area contributed by atoms with E-state index in [0.717, 1.165) is 0 Å². The van der Waals surface area contributed by atoms with Crippen LogP contribution in [0.3, 0.4) is 0 Å². The Labute approximate surface area is 91.5 Å². The first-order valence-electron chi connectivity index (χ1n) is 4.86. The molecule has 16 heavy (non-hydrogen) atoms. The smallest absolute Gasteiger partial charge is 0.317 e. The van der Waals surface area contributed by atoms with Gasteiger partial charge in [-0.05, 0) is 12.1 Å². The minimum Gasteiger partial charge on any atom is -0.317 e. The number of aromatic nitrogens is 1. The standard InChI is InChI=1S/C10H11N3O3/c1-12-5-2-3-7(9(12)15)13-6-4-8(14)11-10(13)16/h2-3,5H,4,6H2,1H3,(H,11,14,16). The second kappa shape index (κ2) is 3.80. The summed E-state index contributed by atoms with van der Waals surface area (Å²) in [5, 5.41) is 2.17.